The molecule has 0 spiro atoms. The van der Waals surface area contributed by atoms with Crippen molar-refractivity contribution in [1.29, 1.82) is 0 Å². The molecule has 5 heteroatoms. The lowest BCUT2D eigenvalue weighted by Crippen LogP contribution is -2.30. The third kappa shape index (κ3) is 6.22. The Morgan fingerprint density at radius 3 is 2.65 bits per heavy atom. The van der Waals surface area contributed by atoms with Gasteiger partial charge >= 0.3 is 0 Å². The van der Waals surface area contributed by atoms with Crippen LogP contribution in [0.1, 0.15) is 11.1 Å². The van der Waals surface area contributed by atoms with Gasteiger partial charge in [-0.1, -0.05) is 42.5 Å². The summed E-state index contributed by atoms with van der Waals surface area (Å²) in [5.41, 5.74) is 8.96. The van der Waals surface area contributed by atoms with Crippen molar-refractivity contribution < 1.29 is 4.79 Å². The third-order valence-electron chi connectivity index (χ3n) is 3.26. The molecule has 2 aromatic carbocycles. The van der Waals surface area contributed by atoms with Gasteiger partial charge in [0.15, 0.2) is 5.96 Å². The van der Waals surface area contributed by atoms with Crippen molar-refractivity contribution in [3.8, 4) is 0 Å². The Balaban J connectivity index is 1.72. The Morgan fingerprint density at radius 2 is 1.91 bits per heavy atom. The average molecular weight is 310 g/mol. The van der Waals surface area contributed by atoms with Crippen LogP contribution in [0.3, 0.4) is 0 Å². The second kappa shape index (κ2) is 8.58. The standard InChI is InChI=1S/C18H22N4O/c1-14-6-5-9-16(12-14)22-18(19)21-13-17(23)20-11-10-15-7-3-2-4-8-15/h2-9,12H,10-11,13H2,1H3,(H,20,23)(H3,19,21,22). The topological polar surface area (TPSA) is 79.5 Å². The molecule has 1 amide bonds. The average Bonchev–Trinajstić information content (AvgIpc) is 2.54. The van der Waals surface area contributed by atoms with Gasteiger partial charge in [0.05, 0.1) is 0 Å². The molecule has 0 heterocycles. The van der Waals surface area contributed by atoms with Crippen LogP contribution in [0.4, 0.5) is 5.69 Å². The molecule has 0 aliphatic heterocycles. The molecule has 120 valence electrons. The van der Waals surface area contributed by atoms with Crippen molar-refractivity contribution in [3.05, 3.63) is 65.7 Å². The Bertz CT molecular complexity index is 668. The number of rotatable bonds is 6. The highest BCUT2D eigenvalue weighted by molar-refractivity contribution is 5.93. The number of benzene rings is 2. The Morgan fingerprint density at radius 1 is 1.13 bits per heavy atom. The zero-order valence-corrected chi connectivity index (χ0v) is 13.3. The molecule has 0 aliphatic carbocycles. The van der Waals surface area contributed by atoms with Crippen molar-refractivity contribution >= 4 is 17.6 Å². The number of hydrogen-bond donors (Lipinski definition) is 3. The maximum atomic E-state index is 11.7. The number of carbonyl (C=O) groups is 1. The van der Waals surface area contributed by atoms with E-state index in [2.05, 4.69) is 15.6 Å². The molecule has 2 aromatic rings. The lowest BCUT2D eigenvalue weighted by atomic mass is 10.1. The van der Waals surface area contributed by atoms with Gasteiger partial charge in [-0.3, -0.25) is 4.79 Å². The molecule has 0 radical (unpaired) electrons. The van der Waals surface area contributed by atoms with Gasteiger partial charge in [-0.15, -0.1) is 0 Å². The SMILES string of the molecule is Cc1cccc(NC(N)=NCC(=O)NCCc2ccccc2)c1. The van der Waals surface area contributed by atoms with Crippen LogP contribution in [0.25, 0.3) is 0 Å². The van der Waals surface area contributed by atoms with E-state index in [1.807, 2.05) is 61.5 Å². The van der Waals surface area contributed by atoms with Crippen LogP contribution < -0.4 is 16.4 Å². The van der Waals surface area contributed by atoms with Gasteiger partial charge in [-0.05, 0) is 36.6 Å². The van der Waals surface area contributed by atoms with E-state index >= 15 is 0 Å². The minimum absolute atomic E-state index is 0.0133. The van der Waals surface area contributed by atoms with Crippen molar-refractivity contribution in [2.75, 3.05) is 18.4 Å². The fourth-order valence-electron chi connectivity index (χ4n) is 2.11. The molecule has 0 saturated heterocycles. The van der Waals surface area contributed by atoms with Gasteiger partial charge in [0.1, 0.15) is 6.54 Å². The molecule has 0 fully saturated rings. The number of amides is 1. The summed E-state index contributed by atoms with van der Waals surface area (Å²) in [6, 6.07) is 17.8. The van der Waals surface area contributed by atoms with E-state index in [9.17, 15) is 4.79 Å². The molecule has 0 unspecified atom stereocenters. The molecule has 0 aliphatic rings. The van der Waals surface area contributed by atoms with E-state index in [-0.39, 0.29) is 18.4 Å². The van der Waals surface area contributed by atoms with Crippen LogP contribution in [0.15, 0.2) is 59.6 Å². The van der Waals surface area contributed by atoms with Crippen molar-refractivity contribution in [1.82, 2.24) is 5.32 Å². The molecule has 5 nitrogen and oxygen atoms in total. The monoisotopic (exact) mass is 310 g/mol. The Hall–Kier alpha value is -2.82. The summed E-state index contributed by atoms with van der Waals surface area (Å²) in [4.78, 5) is 15.8. The number of aryl methyl sites for hydroxylation is 1. The van der Waals surface area contributed by atoms with Gasteiger partial charge in [0, 0.05) is 12.2 Å². The molecule has 2 rings (SSSR count). The Labute approximate surface area is 136 Å². The summed E-state index contributed by atoms with van der Waals surface area (Å²) < 4.78 is 0. The van der Waals surface area contributed by atoms with E-state index in [4.69, 9.17) is 5.73 Å². The zero-order chi connectivity index (χ0) is 16.5. The predicted molar refractivity (Wildman–Crippen MR) is 94.4 cm³/mol. The largest absolute Gasteiger partial charge is 0.370 e. The first-order valence-corrected chi connectivity index (χ1v) is 7.58. The maximum absolute atomic E-state index is 11.7. The van der Waals surface area contributed by atoms with E-state index < -0.39 is 0 Å². The fraction of sp³-hybridized carbons (Fsp3) is 0.222. The first-order valence-electron chi connectivity index (χ1n) is 7.58. The predicted octanol–water partition coefficient (Wildman–Crippen LogP) is 2.08. The number of aliphatic imine (C=N–C) groups is 1. The first kappa shape index (κ1) is 16.5. The maximum Gasteiger partial charge on any atom is 0.241 e. The van der Waals surface area contributed by atoms with Crippen LogP contribution >= 0.6 is 0 Å². The van der Waals surface area contributed by atoms with Gasteiger partial charge in [-0.25, -0.2) is 4.99 Å². The number of guanidine groups is 1. The van der Waals surface area contributed by atoms with Crippen molar-refractivity contribution in [3.63, 3.8) is 0 Å². The van der Waals surface area contributed by atoms with Gasteiger partial charge in [0.2, 0.25) is 5.91 Å². The highest BCUT2D eigenvalue weighted by Gasteiger charge is 2.01. The van der Waals surface area contributed by atoms with Crippen molar-refractivity contribution in [2.45, 2.75) is 13.3 Å². The highest BCUT2D eigenvalue weighted by Crippen LogP contribution is 2.08. The highest BCUT2D eigenvalue weighted by atomic mass is 16.1. The zero-order valence-electron chi connectivity index (χ0n) is 13.3. The minimum Gasteiger partial charge on any atom is -0.370 e. The van der Waals surface area contributed by atoms with Gasteiger partial charge < -0.3 is 16.4 Å². The van der Waals surface area contributed by atoms with E-state index in [1.165, 1.54) is 5.56 Å². The van der Waals surface area contributed by atoms with Crippen LogP contribution in [0, 0.1) is 6.92 Å². The normalized spacial score (nSPS) is 11.1. The van der Waals surface area contributed by atoms with Crippen molar-refractivity contribution in [2.24, 2.45) is 10.7 Å². The van der Waals surface area contributed by atoms with Crippen LogP contribution in [-0.4, -0.2) is 25.0 Å². The Kier molecular flexibility index (Phi) is 6.17. The quantitative estimate of drug-likeness (QED) is 0.564. The smallest absolute Gasteiger partial charge is 0.241 e. The summed E-state index contributed by atoms with van der Waals surface area (Å²) in [6.45, 7) is 2.60. The number of anilines is 1. The van der Waals surface area contributed by atoms with Crippen LogP contribution in [-0.2, 0) is 11.2 Å². The lowest BCUT2D eigenvalue weighted by Gasteiger charge is -2.07. The second-order valence-electron chi connectivity index (χ2n) is 5.28. The molecule has 0 aromatic heterocycles. The lowest BCUT2D eigenvalue weighted by molar-refractivity contribution is -0.119. The summed E-state index contributed by atoms with van der Waals surface area (Å²) in [6.07, 6.45) is 0.799. The fourth-order valence-corrected chi connectivity index (χ4v) is 2.11. The van der Waals surface area contributed by atoms with Crippen LogP contribution in [0.2, 0.25) is 0 Å². The van der Waals surface area contributed by atoms with Gasteiger partial charge in [-0.2, -0.15) is 0 Å². The number of nitrogens with zero attached hydrogens (tertiary/aromatic N) is 1. The second-order valence-corrected chi connectivity index (χ2v) is 5.28. The number of hydrogen-bond acceptors (Lipinski definition) is 2. The van der Waals surface area contributed by atoms with E-state index in [1.54, 1.807) is 0 Å². The molecular weight excluding hydrogens is 288 g/mol. The first-order chi connectivity index (χ1) is 11.1. The number of nitrogens with two attached hydrogens (primary N) is 1. The van der Waals surface area contributed by atoms with Crippen LogP contribution in [0.5, 0.6) is 0 Å². The molecule has 4 N–H and O–H groups in total. The molecule has 23 heavy (non-hydrogen) atoms. The minimum atomic E-state index is -0.144. The summed E-state index contributed by atoms with van der Waals surface area (Å²) >= 11 is 0. The summed E-state index contributed by atoms with van der Waals surface area (Å²) in [5.74, 6) is 0.0868. The van der Waals surface area contributed by atoms with E-state index in [0.717, 1.165) is 17.7 Å². The van der Waals surface area contributed by atoms with Gasteiger partial charge in [0.25, 0.3) is 0 Å². The third-order valence-corrected chi connectivity index (χ3v) is 3.26. The number of nitrogens with one attached hydrogen (secondary N) is 2. The van der Waals surface area contributed by atoms with E-state index in [0.29, 0.717) is 6.54 Å². The molecule has 0 saturated carbocycles. The molecular formula is C18H22N4O. The molecule has 0 bridgehead atoms. The molecule has 0 atom stereocenters. The summed E-state index contributed by atoms with van der Waals surface area (Å²) in [7, 11) is 0. The summed E-state index contributed by atoms with van der Waals surface area (Å²) in [5, 5.41) is 5.80. The number of carbonyl (C=O) groups excluding carboxylic acids is 1.